The number of sulfone groups is 1. The first kappa shape index (κ1) is 10.0. The van der Waals surface area contributed by atoms with Crippen LogP contribution in [-0.4, -0.2) is 19.8 Å². The molecule has 0 aromatic heterocycles. The molecule has 13 heavy (non-hydrogen) atoms. The largest absolute Gasteiger partial charge is 0.399 e. The van der Waals surface area contributed by atoms with Crippen molar-refractivity contribution in [2.75, 3.05) is 12.0 Å². The van der Waals surface area contributed by atoms with Crippen molar-refractivity contribution in [1.82, 2.24) is 0 Å². The predicted octanol–water partition coefficient (Wildman–Crippen LogP) is 0.165. The number of anilines is 1. The van der Waals surface area contributed by atoms with Crippen LogP contribution in [0.2, 0.25) is 0 Å². The number of rotatable bonds is 2. The van der Waals surface area contributed by atoms with Gasteiger partial charge in [0.1, 0.15) is 0 Å². The molecule has 0 saturated carbocycles. The molecule has 72 valence electrons. The summed E-state index contributed by atoms with van der Waals surface area (Å²) in [6.45, 7) is -0.326. The van der Waals surface area contributed by atoms with Gasteiger partial charge in [0.15, 0.2) is 9.84 Å². The first-order valence-corrected chi connectivity index (χ1v) is 5.53. The van der Waals surface area contributed by atoms with Gasteiger partial charge in [-0.3, -0.25) is 0 Å². The lowest BCUT2D eigenvalue weighted by atomic mass is 10.2. The topological polar surface area (TPSA) is 80.4 Å². The highest BCUT2D eigenvalue weighted by atomic mass is 32.2. The maximum atomic E-state index is 11.2. The molecule has 0 aliphatic heterocycles. The molecular formula is C8H11NO3S. The second-order valence-electron chi connectivity index (χ2n) is 2.80. The molecule has 0 amide bonds. The highest BCUT2D eigenvalue weighted by Crippen LogP contribution is 2.18. The molecule has 0 heterocycles. The fourth-order valence-electron chi connectivity index (χ4n) is 1.08. The van der Waals surface area contributed by atoms with Gasteiger partial charge in [-0.25, -0.2) is 8.42 Å². The molecule has 1 rings (SSSR count). The van der Waals surface area contributed by atoms with E-state index in [9.17, 15) is 8.42 Å². The highest BCUT2D eigenvalue weighted by molar-refractivity contribution is 7.90. The second-order valence-corrected chi connectivity index (χ2v) is 4.78. The third-order valence-corrected chi connectivity index (χ3v) is 2.85. The van der Waals surface area contributed by atoms with Crippen molar-refractivity contribution in [3.63, 3.8) is 0 Å². The van der Waals surface area contributed by atoms with Crippen LogP contribution in [0.25, 0.3) is 0 Å². The average Bonchev–Trinajstić information content (AvgIpc) is 2.01. The Kier molecular flexibility index (Phi) is 2.58. The van der Waals surface area contributed by atoms with E-state index in [-0.39, 0.29) is 11.5 Å². The van der Waals surface area contributed by atoms with Crippen LogP contribution in [0.4, 0.5) is 5.69 Å². The summed E-state index contributed by atoms with van der Waals surface area (Å²) < 4.78 is 22.3. The van der Waals surface area contributed by atoms with E-state index in [4.69, 9.17) is 10.8 Å². The molecule has 0 spiro atoms. The van der Waals surface area contributed by atoms with Gasteiger partial charge in [-0.2, -0.15) is 0 Å². The molecule has 0 unspecified atom stereocenters. The van der Waals surface area contributed by atoms with Crippen LogP contribution in [0.3, 0.4) is 0 Å². The van der Waals surface area contributed by atoms with Crippen LogP contribution >= 0.6 is 0 Å². The van der Waals surface area contributed by atoms with Gasteiger partial charge in [0, 0.05) is 11.9 Å². The lowest BCUT2D eigenvalue weighted by Gasteiger charge is -2.05. The standard InChI is InChI=1S/C8H11NO3S/c1-13(11,12)8-3-2-7(9)4-6(8)5-10/h2-4,10H,5,9H2,1H3. The van der Waals surface area contributed by atoms with Crippen LogP contribution in [0.15, 0.2) is 23.1 Å². The van der Waals surface area contributed by atoms with Crippen LogP contribution in [0, 0.1) is 0 Å². The van der Waals surface area contributed by atoms with Crippen molar-refractivity contribution in [3.8, 4) is 0 Å². The number of nitrogen functional groups attached to an aromatic ring is 1. The molecule has 3 N–H and O–H groups in total. The molecule has 1 aromatic carbocycles. The number of aliphatic hydroxyl groups is 1. The van der Waals surface area contributed by atoms with Crippen LogP contribution < -0.4 is 5.73 Å². The van der Waals surface area contributed by atoms with Crippen molar-refractivity contribution < 1.29 is 13.5 Å². The summed E-state index contributed by atoms with van der Waals surface area (Å²) in [5.41, 5.74) is 6.22. The maximum absolute atomic E-state index is 11.2. The quantitative estimate of drug-likeness (QED) is 0.668. The van der Waals surface area contributed by atoms with E-state index in [1.54, 1.807) is 0 Å². The Morgan fingerprint density at radius 3 is 2.54 bits per heavy atom. The van der Waals surface area contributed by atoms with Crippen molar-refractivity contribution in [2.45, 2.75) is 11.5 Å². The molecule has 0 radical (unpaired) electrons. The number of aliphatic hydroxyl groups excluding tert-OH is 1. The zero-order chi connectivity index (χ0) is 10.1. The van der Waals surface area contributed by atoms with Gasteiger partial charge < -0.3 is 10.8 Å². The zero-order valence-electron chi connectivity index (χ0n) is 7.19. The predicted molar refractivity (Wildman–Crippen MR) is 49.9 cm³/mol. The van der Waals surface area contributed by atoms with Crippen LogP contribution in [0.5, 0.6) is 0 Å². The van der Waals surface area contributed by atoms with Gasteiger partial charge in [0.05, 0.1) is 11.5 Å². The summed E-state index contributed by atoms with van der Waals surface area (Å²) in [5.74, 6) is 0. The minimum atomic E-state index is -3.28. The summed E-state index contributed by atoms with van der Waals surface area (Å²) in [4.78, 5) is 0.129. The van der Waals surface area contributed by atoms with E-state index < -0.39 is 9.84 Å². The fraction of sp³-hybridized carbons (Fsp3) is 0.250. The first-order chi connectivity index (χ1) is 5.95. The SMILES string of the molecule is CS(=O)(=O)c1ccc(N)cc1CO. The van der Waals surface area contributed by atoms with Crippen LogP contribution in [-0.2, 0) is 16.4 Å². The van der Waals surface area contributed by atoms with Crippen molar-refractivity contribution in [2.24, 2.45) is 0 Å². The summed E-state index contributed by atoms with van der Waals surface area (Å²) in [5, 5.41) is 8.89. The molecule has 5 heteroatoms. The Bertz CT molecular complexity index is 411. The Morgan fingerprint density at radius 2 is 2.08 bits per heavy atom. The van der Waals surface area contributed by atoms with Gasteiger partial charge >= 0.3 is 0 Å². The molecule has 0 aliphatic carbocycles. The minimum Gasteiger partial charge on any atom is -0.399 e. The van der Waals surface area contributed by atoms with Gasteiger partial charge in [0.2, 0.25) is 0 Å². The van der Waals surface area contributed by atoms with E-state index in [0.29, 0.717) is 11.3 Å². The van der Waals surface area contributed by atoms with Gasteiger partial charge in [0.25, 0.3) is 0 Å². The van der Waals surface area contributed by atoms with E-state index >= 15 is 0 Å². The molecule has 0 bridgehead atoms. The van der Waals surface area contributed by atoms with E-state index in [1.807, 2.05) is 0 Å². The molecule has 0 saturated heterocycles. The van der Waals surface area contributed by atoms with Crippen molar-refractivity contribution in [1.29, 1.82) is 0 Å². The zero-order valence-corrected chi connectivity index (χ0v) is 8.00. The lowest BCUT2D eigenvalue weighted by molar-refractivity contribution is 0.278. The minimum absolute atomic E-state index is 0.129. The highest BCUT2D eigenvalue weighted by Gasteiger charge is 2.12. The Hall–Kier alpha value is -1.07. The molecule has 0 atom stereocenters. The summed E-state index contributed by atoms with van der Waals surface area (Å²) in [6.07, 6.45) is 1.09. The number of hydrogen-bond acceptors (Lipinski definition) is 4. The first-order valence-electron chi connectivity index (χ1n) is 3.64. The third kappa shape index (κ3) is 2.19. The van der Waals surface area contributed by atoms with Crippen LogP contribution in [0.1, 0.15) is 5.56 Å². The maximum Gasteiger partial charge on any atom is 0.175 e. The second kappa shape index (κ2) is 3.35. The van der Waals surface area contributed by atoms with Gasteiger partial charge in [-0.15, -0.1) is 0 Å². The number of benzene rings is 1. The summed E-state index contributed by atoms with van der Waals surface area (Å²) in [6, 6.07) is 4.35. The van der Waals surface area contributed by atoms with Crippen molar-refractivity contribution in [3.05, 3.63) is 23.8 Å². The lowest BCUT2D eigenvalue weighted by Crippen LogP contribution is -2.03. The smallest absolute Gasteiger partial charge is 0.175 e. The number of hydrogen-bond donors (Lipinski definition) is 2. The average molecular weight is 201 g/mol. The summed E-state index contributed by atoms with van der Waals surface area (Å²) in [7, 11) is -3.28. The molecule has 0 fully saturated rings. The van der Waals surface area contributed by atoms with Crippen molar-refractivity contribution >= 4 is 15.5 Å². The molecule has 4 nitrogen and oxygen atoms in total. The molecule has 1 aromatic rings. The monoisotopic (exact) mass is 201 g/mol. The van der Waals surface area contributed by atoms with E-state index in [1.165, 1.54) is 18.2 Å². The Balaban J connectivity index is 3.39. The molecular weight excluding hydrogens is 190 g/mol. The Morgan fingerprint density at radius 1 is 1.46 bits per heavy atom. The van der Waals surface area contributed by atoms with Gasteiger partial charge in [-0.1, -0.05) is 0 Å². The van der Waals surface area contributed by atoms with Gasteiger partial charge in [-0.05, 0) is 23.8 Å². The Labute approximate surface area is 76.9 Å². The normalized spacial score (nSPS) is 11.5. The van der Waals surface area contributed by atoms with E-state index in [2.05, 4.69) is 0 Å². The third-order valence-electron chi connectivity index (χ3n) is 1.65. The summed E-state index contributed by atoms with van der Waals surface area (Å²) >= 11 is 0. The number of nitrogens with two attached hydrogens (primary N) is 1. The fourth-order valence-corrected chi connectivity index (χ4v) is 2.00. The van der Waals surface area contributed by atoms with E-state index in [0.717, 1.165) is 6.26 Å². The molecule has 0 aliphatic rings.